The minimum Gasteiger partial charge on any atom is -0.311 e. The van der Waals surface area contributed by atoms with Gasteiger partial charge in [0.25, 0.3) is 5.91 Å². The Hall–Kier alpha value is -2.93. The molecule has 1 aliphatic carbocycles. The van der Waals surface area contributed by atoms with Crippen molar-refractivity contribution in [2.75, 3.05) is 17.3 Å². The molecule has 6 rings (SSSR count). The van der Waals surface area contributed by atoms with Gasteiger partial charge in [-0.3, -0.25) is 4.79 Å². The average molecular weight is 548 g/mol. The van der Waals surface area contributed by atoms with E-state index in [2.05, 4.69) is 22.4 Å². The highest BCUT2D eigenvalue weighted by Crippen LogP contribution is 2.65. The zero-order valence-electron chi connectivity index (χ0n) is 21.0. The van der Waals surface area contributed by atoms with E-state index in [4.69, 9.17) is 9.22 Å². The first-order chi connectivity index (χ1) is 18.1. The molecule has 0 radical (unpaired) electrons. The second-order valence-corrected chi connectivity index (χ2v) is 13.0. The molecule has 3 aliphatic rings. The monoisotopic (exact) mass is 547 g/mol. The number of hydrogen-bond donors (Lipinski definition) is 1. The van der Waals surface area contributed by atoms with Gasteiger partial charge in [0.05, 0.1) is 18.7 Å². The molecule has 0 spiro atoms. The van der Waals surface area contributed by atoms with Crippen LogP contribution in [0.1, 0.15) is 53.2 Å². The topological polar surface area (TPSA) is 81.5 Å². The molecule has 2 aliphatic heterocycles. The lowest BCUT2D eigenvalue weighted by atomic mass is 9.78. The van der Waals surface area contributed by atoms with E-state index in [1.807, 2.05) is 13.1 Å². The molecule has 8 nitrogen and oxygen atoms in total. The van der Waals surface area contributed by atoms with Crippen LogP contribution in [0.25, 0.3) is 0 Å². The van der Waals surface area contributed by atoms with Crippen LogP contribution in [0.4, 0.5) is 18.9 Å². The van der Waals surface area contributed by atoms with Crippen LogP contribution in [0.3, 0.4) is 0 Å². The molecular formula is C26H28F3N5O3S. The van der Waals surface area contributed by atoms with Crippen LogP contribution in [0.2, 0.25) is 0 Å². The van der Waals surface area contributed by atoms with Crippen LogP contribution in [-0.4, -0.2) is 38.6 Å². The molecule has 12 heteroatoms. The summed E-state index contributed by atoms with van der Waals surface area (Å²) in [5.41, 5.74) is 0.213. The molecule has 0 bridgehead atoms. The number of carbonyl (C=O) groups excluding carboxylic acids is 1. The van der Waals surface area contributed by atoms with E-state index >= 15 is 0 Å². The fourth-order valence-corrected chi connectivity index (χ4v) is 8.02. The van der Waals surface area contributed by atoms with Gasteiger partial charge in [-0.15, -0.1) is 10.2 Å². The molecule has 3 heterocycles. The van der Waals surface area contributed by atoms with Crippen LogP contribution >= 0.6 is 10.3 Å². The van der Waals surface area contributed by atoms with Crippen molar-refractivity contribution in [2.45, 2.75) is 61.0 Å². The minimum atomic E-state index is -4.58. The lowest BCUT2D eigenvalue weighted by molar-refractivity contribution is -0.173. The van der Waals surface area contributed by atoms with E-state index < -0.39 is 28.0 Å². The van der Waals surface area contributed by atoms with E-state index in [0.29, 0.717) is 28.8 Å². The number of nitrogens with one attached hydrogen (secondary N) is 1. The molecule has 2 fully saturated rings. The van der Waals surface area contributed by atoms with E-state index in [9.17, 15) is 18.0 Å². The summed E-state index contributed by atoms with van der Waals surface area (Å²) in [6.45, 7) is 2.55. The second kappa shape index (κ2) is 9.08. The highest BCUT2D eigenvalue weighted by atomic mass is 32.3. The maximum Gasteiger partial charge on any atom is 0.416 e. The average Bonchev–Trinajstić information content (AvgIpc) is 3.60. The Morgan fingerprint density at radius 3 is 2.66 bits per heavy atom. The van der Waals surface area contributed by atoms with E-state index in [0.717, 1.165) is 24.2 Å². The number of nitrogens with zero attached hydrogens (tertiary/aromatic N) is 4. The predicted octanol–water partition coefficient (Wildman–Crippen LogP) is 5.13. The number of halogens is 3. The van der Waals surface area contributed by atoms with Crippen molar-refractivity contribution in [1.82, 2.24) is 20.1 Å². The van der Waals surface area contributed by atoms with E-state index in [1.165, 1.54) is 11.0 Å². The van der Waals surface area contributed by atoms with Crippen molar-refractivity contribution in [2.24, 2.45) is 7.05 Å². The van der Waals surface area contributed by atoms with Crippen molar-refractivity contribution in [3.63, 3.8) is 0 Å². The van der Waals surface area contributed by atoms with Gasteiger partial charge in [0.2, 0.25) is 5.16 Å². The molecule has 1 aromatic heterocycles. The number of fused-ring (bicyclic) bond motifs is 1. The van der Waals surface area contributed by atoms with Gasteiger partial charge in [0.1, 0.15) is 6.33 Å². The third-order valence-electron chi connectivity index (χ3n) is 7.68. The number of rotatable bonds is 6. The highest BCUT2D eigenvalue weighted by Gasteiger charge is 2.43. The Bertz CT molecular complexity index is 1400. The zero-order chi connectivity index (χ0) is 26.7. The number of benzene rings is 2. The summed E-state index contributed by atoms with van der Waals surface area (Å²) in [5.74, 6) is 0.0932. The minimum absolute atomic E-state index is 0.00215. The Balaban J connectivity index is 1.35. The Morgan fingerprint density at radius 2 is 2.03 bits per heavy atom. The summed E-state index contributed by atoms with van der Waals surface area (Å²) >= 11 is 0. The number of amides is 1. The van der Waals surface area contributed by atoms with E-state index in [1.54, 1.807) is 35.2 Å². The molecule has 3 aromatic rings. The lowest BCUT2D eigenvalue weighted by Gasteiger charge is -2.39. The van der Waals surface area contributed by atoms with Crippen molar-refractivity contribution >= 4 is 21.9 Å². The second-order valence-electron chi connectivity index (χ2n) is 10.3. The van der Waals surface area contributed by atoms with Gasteiger partial charge in [-0.05, 0) is 78.0 Å². The summed E-state index contributed by atoms with van der Waals surface area (Å²) in [5, 5.41) is 12.2. The highest BCUT2D eigenvalue weighted by molar-refractivity contribution is 8.29. The lowest BCUT2D eigenvalue weighted by Crippen LogP contribution is -2.47. The maximum absolute atomic E-state index is 14.2. The third kappa shape index (κ3) is 4.19. The maximum atomic E-state index is 14.2. The molecule has 202 valence electrons. The molecule has 1 saturated carbocycles. The van der Waals surface area contributed by atoms with Crippen molar-refractivity contribution < 1.29 is 27.2 Å². The molecular weight excluding hydrogens is 519 g/mol. The largest absolute Gasteiger partial charge is 0.416 e. The van der Waals surface area contributed by atoms with Gasteiger partial charge in [-0.1, -0.05) is 6.07 Å². The summed E-state index contributed by atoms with van der Waals surface area (Å²) < 4.78 is 50.0. The molecule has 38 heavy (non-hydrogen) atoms. The van der Waals surface area contributed by atoms with Gasteiger partial charge in [-0.25, -0.2) is 4.89 Å². The summed E-state index contributed by atoms with van der Waals surface area (Å²) in [4.78, 5) is 21.0. The predicted molar refractivity (Wildman–Crippen MR) is 135 cm³/mol. The molecule has 1 N–H and O–H groups in total. The first kappa shape index (κ1) is 25.4. The zero-order valence-corrected chi connectivity index (χ0v) is 21.9. The third-order valence-corrected chi connectivity index (χ3v) is 10.7. The number of hydrogen-bond acceptors (Lipinski definition) is 6. The standard InChI is InChI=1S/C26H28F3N5O3S/c1-25(7-4-8-25)30-14-17-11-20-21(22(12-17)26(27,28)29)15-34(23(20)35)18-5-3-6-19(13-18)38(10-9-36-37-38)24-32-31-16-33(24)2/h3,5-6,11-13,16,30H,4,7-10,14-15H2,1-2H3. The van der Waals surface area contributed by atoms with Crippen LogP contribution in [-0.2, 0) is 35.5 Å². The van der Waals surface area contributed by atoms with E-state index in [-0.39, 0.29) is 29.8 Å². The van der Waals surface area contributed by atoms with Crippen LogP contribution in [0.5, 0.6) is 0 Å². The Kier molecular flexibility index (Phi) is 6.06. The molecule has 1 unspecified atom stereocenters. The normalized spacial score (nSPS) is 24.2. The van der Waals surface area contributed by atoms with Gasteiger partial charge in [0.15, 0.2) is 0 Å². The number of carbonyl (C=O) groups is 1. The first-order valence-corrected chi connectivity index (χ1v) is 14.2. The van der Waals surface area contributed by atoms with Crippen molar-refractivity contribution in [3.05, 3.63) is 65.0 Å². The van der Waals surface area contributed by atoms with Crippen LogP contribution in [0.15, 0.2) is 52.8 Å². The van der Waals surface area contributed by atoms with Crippen molar-refractivity contribution in [1.29, 1.82) is 0 Å². The van der Waals surface area contributed by atoms with Gasteiger partial charge < -0.3 is 14.8 Å². The SMILES string of the molecule is Cn1cnnc1S1(c2cccc(N3Cc4c(cc(CNC5(C)CCC5)cc4C(F)(F)F)C3=O)c2)CCOO1. The quantitative estimate of drug-likeness (QED) is 0.431. The number of aromatic nitrogens is 3. The summed E-state index contributed by atoms with van der Waals surface area (Å²) in [6.07, 6.45) is 0.0734. The molecule has 2 aromatic carbocycles. The van der Waals surface area contributed by atoms with Gasteiger partial charge in [-0.2, -0.15) is 17.5 Å². The Morgan fingerprint density at radius 1 is 1.21 bits per heavy atom. The molecule has 1 amide bonds. The fraction of sp³-hybridized carbons (Fsp3) is 0.423. The summed E-state index contributed by atoms with van der Waals surface area (Å²) in [6, 6.07) is 9.93. The Labute approximate surface area is 219 Å². The van der Waals surface area contributed by atoms with Crippen molar-refractivity contribution in [3.8, 4) is 0 Å². The smallest absolute Gasteiger partial charge is 0.311 e. The van der Waals surface area contributed by atoms with Gasteiger partial charge in [0, 0.05) is 41.0 Å². The molecule has 1 saturated heterocycles. The number of aryl methyl sites for hydroxylation is 1. The van der Waals surface area contributed by atoms with Gasteiger partial charge >= 0.3 is 6.18 Å². The van der Waals surface area contributed by atoms with Crippen LogP contribution in [0, 0.1) is 0 Å². The summed E-state index contributed by atoms with van der Waals surface area (Å²) in [7, 11) is -0.346. The number of alkyl halides is 3. The van der Waals surface area contributed by atoms with Crippen LogP contribution < -0.4 is 10.2 Å². The first-order valence-electron chi connectivity index (χ1n) is 12.5. The number of anilines is 1. The molecule has 1 atom stereocenters. The fourth-order valence-electron chi connectivity index (χ4n) is 5.34.